The zero-order valence-corrected chi connectivity index (χ0v) is 12.7. The van der Waals surface area contributed by atoms with E-state index in [2.05, 4.69) is 10.4 Å². The van der Waals surface area contributed by atoms with E-state index >= 15 is 0 Å². The van der Waals surface area contributed by atoms with Gasteiger partial charge in [-0.1, -0.05) is 30.3 Å². The van der Waals surface area contributed by atoms with E-state index in [4.69, 9.17) is 5.11 Å². The molecule has 2 atom stereocenters. The van der Waals surface area contributed by atoms with Crippen molar-refractivity contribution in [2.45, 2.75) is 25.9 Å². The maximum absolute atomic E-state index is 12.0. The van der Waals surface area contributed by atoms with Crippen LogP contribution in [0.3, 0.4) is 0 Å². The number of amides is 1. The predicted molar refractivity (Wildman–Crippen MR) is 83.5 cm³/mol. The summed E-state index contributed by atoms with van der Waals surface area (Å²) in [5, 5.41) is 16.1. The third-order valence-corrected chi connectivity index (χ3v) is 4.27. The van der Waals surface area contributed by atoms with Gasteiger partial charge in [0.1, 0.15) is 0 Å². The third-order valence-electron chi connectivity index (χ3n) is 4.27. The second-order valence-corrected chi connectivity index (χ2v) is 5.88. The Morgan fingerprint density at radius 2 is 1.91 bits per heavy atom. The molecule has 1 fully saturated rings. The lowest BCUT2D eigenvalue weighted by molar-refractivity contribution is -0.152. The number of hydrogen-bond acceptors (Lipinski definition) is 3. The van der Waals surface area contributed by atoms with E-state index in [0.717, 1.165) is 11.1 Å². The predicted octanol–water partition coefficient (Wildman–Crippen LogP) is 1.66. The Hall–Kier alpha value is -2.63. The quantitative estimate of drug-likeness (QED) is 0.849. The standard InChI is InChI=1S/C17H19N3O3/c21-16(14-6-7-15(14)17(22)23)18-8-13-9-19-20(11-13)10-12-4-2-1-3-5-12/h1-5,9,11,14-15H,6-8,10H2,(H,18,21)(H,22,23). The molecule has 1 aromatic heterocycles. The van der Waals surface area contributed by atoms with Crippen LogP contribution in [0.1, 0.15) is 24.0 Å². The van der Waals surface area contributed by atoms with E-state index in [1.807, 2.05) is 41.2 Å². The summed E-state index contributed by atoms with van der Waals surface area (Å²) < 4.78 is 1.82. The maximum Gasteiger partial charge on any atom is 0.307 e. The molecule has 1 aliphatic rings. The number of carboxylic acid groups (broad SMARTS) is 1. The van der Waals surface area contributed by atoms with Crippen LogP contribution in [0, 0.1) is 11.8 Å². The molecule has 0 saturated heterocycles. The molecule has 120 valence electrons. The molecule has 2 aromatic rings. The molecule has 0 aliphatic heterocycles. The minimum atomic E-state index is -0.882. The Kier molecular flexibility index (Phi) is 4.41. The summed E-state index contributed by atoms with van der Waals surface area (Å²) in [6.45, 7) is 1.05. The van der Waals surface area contributed by atoms with Crippen LogP contribution < -0.4 is 5.32 Å². The minimum absolute atomic E-state index is 0.181. The van der Waals surface area contributed by atoms with Gasteiger partial charge in [0.05, 0.1) is 24.6 Å². The van der Waals surface area contributed by atoms with Crippen LogP contribution in [0.25, 0.3) is 0 Å². The van der Waals surface area contributed by atoms with Gasteiger partial charge in [-0.25, -0.2) is 0 Å². The van der Waals surface area contributed by atoms with E-state index < -0.39 is 17.8 Å². The van der Waals surface area contributed by atoms with Crippen molar-refractivity contribution in [3.8, 4) is 0 Å². The first-order chi connectivity index (χ1) is 11.1. The van der Waals surface area contributed by atoms with Crippen molar-refractivity contribution < 1.29 is 14.7 Å². The molecule has 2 N–H and O–H groups in total. The number of rotatable bonds is 6. The van der Waals surface area contributed by atoms with Crippen LogP contribution in [0.5, 0.6) is 0 Å². The highest BCUT2D eigenvalue weighted by Crippen LogP contribution is 2.34. The fourth-order valence-electron chi connectivity index (χ4n) is 2.78. The molecule has 6 heteroatoms. The number of carbonyl (C=O) groups is 2. The molecule has 23 heavy (non-hydrogen) atoms. The first kappa shape index (κ1) is 15.3. The van der Waals surface area contributed by atoms with Crippen LogP contribution in [-0.4, -0.2) is 26.8 Å². The van der Waals surface area contributed by atoms with Crippen LogP contribution in [-0.2, 0) is 22.7 Å². The number of benzene rings is 1. The third kappa shape index (κ3) is 3.59. The summed E-state index contributed by atoms with van der Waals surface area (Å²) in [5.74, 6) is -1.99. The number of carboxylic acids is 1. The Morgan fingerprint density at radius 1 is 1.17 bits per heavy atom. The number of aliphatic carboxylic acids is 1. The number of nitrogens with zero attached hydrogens (tertiary/aromatic N) is 2. The van der Waals surface area contributed by atoms with Crippen molar-refractivity contribution in [1.29, 1.82) is 0 Å². The first-order valence-corrected chi connectivity index (χ1v) is 7.69. The highest BCUT2D eigenvalue weighted by molar-refractivity contribution is 5.86. The van der Waals surface area contributed by atoms with Crippen LogP contribution in [0.4, 0.5) is 0 Å². The van der Waals surface area contributed by atoms with Gasteiger partial charge in [0, 0.05) is 18.3 Å². The van der Waals surface area contributed by atoms with Gasteiger partial charge in [-0.15, -0.1) is 0 Å². The number of nitrogens with one attached hydrogen (secondary N) is 1. The molecule has 0 spiro atoms. The molecule has 1 heterocycles. The highest BCUT2D eigenvalue weighted by Gasteiger charge is 2.41. The molecule has 1 amide bonds. The van der Waals surface area contributed by atoms with Gasteiger partial charge in [0.2, 0.25) is 5.91 Å². The lowest BCUT2D eigenvalue weighted by Crippen LogP contribution is -2.43. The topological polar surface area (TPSA) is 84.2 Å². The monoisotopic (exact) mass is 313 g/mol. The number of carbonyl (C=O) groups excluding carboxylic acids is 1. The van der Waals surface area contributed by atoms with E-state index in [1.165, 1.54) is 0 Å². The summed E-state index contributed by atoms with van der Waals surface area (Å²) in [6.07, 6.45) is 4.85. The zero-order chi connectivity index (χ0) is 16.2. The van der Waals surface area contributed by atoms with E-state index in [1.54, 1.807) is 6.20 Å². The molecule has 2 unspecified atom stereocenters. The fourth-order valence-corrected chi connectivity index (χ4v) is 2.78. The molecule has 1 aliphatic carbocycles. The zero-order valence-electron chi connectivity index (χ0n) is 12.7. The summed E-state index contributed by atoms with van der Waals surface area (Å²) in [7, 11) is 0. The molecular formula is C17H19N3O3. The smallest absolute Gasteiger partial charge is 0.307 e. The average molecular weight is 313 g/mol. The summed E-state index contributed by atoms with van der Waals surface area (Å²) in [6, 6.07) is 10.0. The van der Waals surface area contributed by atoms with Crippen molar-refractivity contribution in [2.75, 3.05) is 0 Å². The maximum atomic E-state index is 12.0. The van der Waals surface area contributed by atoms with E-state index in [0.29, 0.717) is 25.9 Å². The normalized spacial score (nSPS) is 19.8. The Morgan fingerprint density at radius 3 is 2.57 bits per heavy atom. The lowest BCUT2D eigenvalue weighted by atomic mass is 9.73. The SMILES string of the molecule is O=C(O)C1CCC1C(=O)NCc1cnn(Cc2ccccc2)c1. The fraction of sp³-hybridized carbons (Fsp3) is 0.353. The Balaban J connectivity index is 1.51. The van der Waals surface area contributed by atoms with Gasteiger partial charge in [0.15, 0.2) is 0 Å². The molecule has 0 radical (unpaired) electrons. The molecule has 0 bridgehead atoms. The number of aromatic nitrogens is 2. The van der Waals surface area contributed by atoms with Gasteiger partial charge in [-0.05, 0) is 18.4 Å². The molecule has 6 nitrogen and oxygen atoms in total. The van der Waals surface area contributed by atoms with Crippen molar-refractivity contribution in [3.05, 3.63) is 53.9 Å². The van der Waals surface area contributed by atoms with Crippen LogP contribution in [0.2, 0.25) is 0 Å². The second kappa shape index (κ2) is 6.64. The molecule has 1 saturated carbocycles. The second-order valence-electron chi connectivity index (χ2n) is 5.88. The van der Waals surface area contributed by atoms with Gasteiger partial charge < -0.3 is 10.4 Å². The largest absolute Gasteiger partial charge is 0.481 e. The van der Waals surface area contributed by atoms with Gasteiger partial charge in [-0.2, -0.15) is 5.10 Å². The van der Waals surface area contributed by atoms with Gasteiger partial charge >= 0.3 is 5.97 Å². The lowest BCUT2D eigenvalue weighted by Gasteiger charge is -2.31. The van der Waals surface area contributed by atoms with Crippen molar-refractivity contribution >= 4 is 11.9 Å². The summed E-state index contributed by atoms with van der Waals surface area (Å²) >= 11 is 0. The van der Waals surface area contributed by atoms with Crippen molar-refractivity contribution in [1.82, 2.24) is 15.1 Å². The average Bonchev–Trinajstić information content (AvgIpc) is 2.92. The van der Waals surface area contributed by atoms with Crippen molar-refractivity contribution in [2.24, 2.45) is 11.8 Å². The van der Waals surface area contributed by atoms with Crippen LogP contribution in [0.15, 0.2) is 42.7 Å². The highest BCUT2D eigenvalue weighted by atomic mass is 16.4. The van der Waals surface area contributed by atoms with Gasteiger partial charge in [-0.3, -0.25) is 14.3 Å². The summed E-state index contributed by atoms with van der Waals surface area (Å²) in [4.78, 5) is 23.0. The minimum Gasteiger partial charge on any atom is -0.481 e. The van der Waals surface area contributed by atoms with Crippen molar-refractivity contribution in [3.63, 3.8) is 0 Å². The Bertz CT molecular complexity index is 696. The van der Waals surface area contributed by atoms with Crippen LogP contribution >= 0.6 is 0 Å². The Labute approximate surface area is 134 Å². The van der Waals surface area contributed by atoms with E-state index in [-0.39, 0.29) is 5.91 Å². The number of hydrogen-bond donors (Lipinski definition) is 2. The molecule has 1 aromatic carbocycles. The van der Waals surface area contributed by atoms with E-state index in [9.17, 15) is 9.59 Å². The van der Waals surface area contributed by atoms with Gasteiger partial charge in [0.25, 0.3) is 0 Å². The molecule has 3 rings (SSSR count). The first-order valence-electron chi connectivity index (χ1n) is 7.69. The summed E-state index contributed by atoms with van der Waals surface area (Å²) in [5.41, 5.74) is 2.06. The molecular weight excluding hydrogens is 294 g/mol.